The minimum atomic E-state index is -2.98. The summed E-state index contributed by atoms with van der Waals surface area (Å²) in [6.07, 6.45) is -3.74. The Kier molecular flexibility index (Phi) is 8.32. The minimum absolute atomic E-state index is 0.0128. The lowest BCUT2D eigenvalue weighted by molar-refractivity contribution is -0.384. The first-order valence-electron chi connectivity index (χ1n) is 11.4. The maximum atomic E-state index is 13.5. The monoisotopic (exact) mass is 522 g/mol. The van der Waals surface area contributed by atoms with E-state index in [-0.39, 0.29) is 30.0 Å². The van der Waals surface area contributed by atoms with Crippen molar-refractivity contribution < 1.29 is 42.2 Å². The lowest BCUT2D eigenvalue weighted by Crippen LogP contribution is -2.41. The van der Waals surface area contributed by atoms with Crippen LogP contribution >= 0.6 is 0 Å². The number of nitro groups is 1. The second kappa shape index (κ2) is 11.1. The van der Waals surface area contributed by atoms with Crippen LogP contribution in [-0.2, 0) is 26.6 Å². The number of alkyl halides is 2. The Labute approximate surface area is 212 Å². The number of nitro benzene ring substituents is 1. The van der Waals surface area contributed by atoms with Gasteiger partial charge in [-0.15, -0.1) is 0 Å². The van der Waals surface area contributed by atoms with Crippen molar-refractivity contribution in [2.75, 3.05) is 6.54 Å². The van der Waals surface area contributed by atoms with Crippen LogP contribution in [-0.4, -0.2) is 47.6 Å². The van der Waals surface area contributed by atoms with Gasteiger partial charge in [0.2, 0.25) is 0 Å². The summed E-state index contributed by atoms with van der Waals surface area (Å²) in [6, 6.07) is 9.99. The highest BCUT2D eigenvalue weighted by atomic mass is 19.3. The summed E-state index contributed by atoms with van der Waals surface area (Å²) in [5, 5.41) is 13.9. The normalized spacial score (nSPS) is 19.7. The van der Waals surface area contributed by atoms with Crippen LogP contribution in [0, 0.1) is 10.1 Å². The Morgan fingerprint density at radius 3 is 2.16 bits per heavy atom. The number of hydrogen-bond acceptors (Lipinski definition) is 9. The van der Waals surface area contributed by atoms with Gasteiger partial charge in [0.1, 0.15) is 11.4 Å². The number of nitrogens with one attached hydrogen (secondary N) is 1. The van der Waals surface area contributed by atoms with Gasteiger partial charge in [-0.2, -0.15) is 0 Å². The van der Waals surface area contributed by atoms with Crippen molar-refractivity contribution in [3.8, 4) is 5.75 Å². The van der Waals surface area contributed by atoms with E-state index in [4.69, 9.17) is 18.9 Å². The predicted molar refractivity (Wildman–Crippen MR) is 127 cm³/mol. The fourth-order valence-corrected chi connectivity index (χ4v) is 3.67. The SMILES string of the molecule is CC(C)(C)OC(=O)O[C@H]1CN[C@H](Cc2ccc(C(C)(F)F)cc2)[C@@H]1OC(=O)Oc1ccc([N+](=O)[O-])cc1. The second-order valence-electron chi connectivity index (χ2n) is 9.61. The van der Waals surface area contributed by atoms with Gasteiger partial charge < -0.3 is 24.3 Å². The Morgan fingerprint density at radius 1 is 1.00 bits per heavy atom. The van der Waals surface area contributed by atoms with Crippen LogP contribution in [0.25, 0.3) is 0 Å². The summed E-state index contributed by atoms with van der Waals surface area (Å²) >= 11 is 0. The van der Waals surface area contributed by atoms with Crippen LogP contribution < -0.4 is 10.1 Å². The van der Waals surface area contributed by atoms with Crippen molar-refractivity contribution in [1.29, 1.82) is 0 Å². The van der Waals surface area contributed by atoms with Gasteiger partial charge in [0.05, 0.1) is 11.0 Å². The second-order valence-corrected chi connectivity index (χ2v) is 9.61. The molecule has 0 saturated carbocycles. The fourth-order valence-electron chi connectivity index (χ4n) is 3.67. The van der Waals surface area contributed by atoms with E-state index < -0.39 is 47.0 Å². The van der Waals surface area contributed by atoms with Crippen LogP contribution in [0.2, 0.25) is 0 Å². The van der Waals surface area contributed by atoms with E-state index in [1.165, 1.54) is 36.4 Å². The zero-order chi connectivity index (χ0) is 27.4. The van der Waals surface area contributed by atoms with Gasteiger partial charge in [-0.25, -0.2) is 18.4 Å². The van der Waals surface area contributed by atoms with Gasteiger partial charge in [0, 0.05) is 31.2 Å². The molecule has 0 radical (unpaired) electrons. The van der Waals surface area contributed by atoms with Crippen LogP contribution in [0.3, 0.4) is 0 Å². The van der Waals surface area contributed by atoms with Gasteiger partial charge >= 0.3 is 12.3 Å². The minimum Gasteiger partial charge on any atom is -0.429 e. The van der Waals surface area contributed by atoms with E-state index in [9.17, 15) is 28.5 Å². The van der Waals surface area contributed by atoms with Crippen molar-refractivity contribution in [3.63, 3.8) is 0 Å². The molecular formula is C25H28F2N2O8. The highest BCUT2D eigenvalue weighted by Gasteiger charge is 2.42. The zero-order valence-electron chi connectivity index (χ0n) is 20.7. The molecule has 200 valence electrons. The summed E-state index contributed by atoms with van der Waals surface area (Å²) in [5.41, 5.74) is -0.447. The highest BCUT2D eigenvalue weighted by Crippen LogP contribution is 2.28. The Balaban J connectivity index is 1.73. The first-order chi connectivity index (χ1) is 17.2. The molecule has 0 aliphatic carbocycles. The maximum Gasteiger partial charge on any atom is 0.514 e. The molecule has 2 aromatic carbocycles. The van der Waals surface area contributed by atoms with E-state index in [0.717, 1.165) is 6.92 Å². The highest BCUT2D eigenvalue weighted by molar-refractivity contribution is 5.65. The molecule has 0 unspecified atom stereocenters. The first-order valence-corrected chi connectivity index (χ1v) is 11.4. The van der Waals surface area contributed by atoms with E-state index in [1.807, 2.05) is 0 Å². The third-order valence-corrected chi connectivity index (χ3v) is 5.38. The summed E-state index contributed by atoms with van der Waals surface area (Å²) in [4.78, 5) is 35.0. The number of carbonyl (C=O) groups excluding carboxylic acids is 2. The lowest BCUT2D eigenvalue weighted by atomic mass is 9.99. The van der Waals surface area contributed by atoms with Crippen molar-refractivity contribution in [3.05, 3.63) is 69.8 Å². The number of non-ortho nitro benzene ring substituents is 1. The van der Waals surface area contributed by atoms with Crippen LogP contribution in [0.4, 0.5) is 24.1 Å². The molecule has 3 atom stereocenters. The average Bonchev–Trinajstić information content (AvgIpc) is 3.13. The quantitative estimate of drug-likeness (QED) is 0.228. The number of ether oxygens (including phenoxy) is 4. The molecule has 0 amide bonds. The summed E-state index contributed by atoms with van der Waals surface area (Å²) in [6.45, 7) is 5.94. The Hall–Kier alpha value is -3.80. The standard InChI is InChI=1S/C25H28F2N2O8/c1-24(2,3)37-23(31)35-20-14-28-19(13-15-5-7-16(8-6-15)25(4,26)27)21(20)36-22(30)34-18-11-9-17(10-12-18)29(32)33/h5-12,19-21,28H,13-14H2,1-4H3/t19-,20+,21+/m1/s1. The van der Waals surface area contributed by atoms with Crippen LogP contribution in [0.1, 0.15) is 38.8 Å². The molecule has 3 rings (SSSR count). The topological polar surface area (TPSA) is 126 Å². The largest absolute Gasteiger partial charge is 0.514 e. The molecule has 0 aromatic heterocycles. The predicted octanol–water partition coefficient (Wildman–Crippen LogP) is 5.13. The van der Waals surface area contributed by atoms with Crippen molar-refractivity contribution in [1.82, 2.24) is 5.32 Å². The first kappa shape index (κ1) is 27.8. The molecule has 10 nitrogen and oxygen atoms in total. The van der Waals surface area contributed by atoms with E-state index >= 15 is 0 Å². The third-order valence-electron chi connectivity index (χ3n) is 5.38. The number of halogens is 2. The number of carbonyl (C=O) groups is 2. The molecule has 37 heavy (non-hydrogen) atoms. The molecule has 1 saturated heterocycles. The molecule has 0 spiro atoms. The van der Waals surface area contributed by atoms with E-state index in [1.54, 1.807) is 32.9 Å². The molecule has 1 heterocycles. The zero-order valence-corrected chi connectivity index (χ0v) is 20.7. The molecule has 0 bridgehead atoms. The van der Waals surface area contributed by atoms with Crippen molar-refractivity contribution in [2.45, 2.75) is 63.9 Å². The van der Waals surface area contributed by atoms with E-state index in [0.29, 0.717) is 5.56 Å². The van der Waals surface area contributed by atoms with Gasteiger partial charge in [-0.1, -0.05) is 24.3 Å². The summed E-state index contributed by atoms with van der Waals surface area (Å²) in [5.74, 6) is -2.97. The maximum absolute atomic E-state index is 13.5. The molecule has 2 aromatic rings. The molecule has 12 heteroatoms. The molecular weight excluding hydrogens is 494 g/mol. The Morgan fingerprint density at radius 2 is 1.62 bits per heavy atom. The number of benzene rings is 2. The van der Waals surface area contributed by atoms with Gasteiger partial charge in [-0.05, 0) is 44.9 Å². The molecule has 1 N–H and O–H groups in total. The van der Waals surface area contributed by atoms with Gasteiger partial charge in [0.25, 0.3) is 11.6 Å². The summed E-state index contributed by atoms with van der Waals surface area (Å²) in [7, 11) is 0. The number of hydrogen-bond donors (Lipinski definition) is 1. The summed E-state index contributed by atoms with van der Waals surface area (Å²) < 4.78 is 48.3. The average molecular weight is 523 g/mol. The smallest absolute Gasteiger partial charge is 0.429 e. The molecule has 1 aliphatic rings. The third kappa shape index (κ3) is 8.10. The lowest BCUT2D eigenvalue weighted by Gasteiger charge is -2.25. The van der Waals surface area contributed by atoms with E-state index in [2.05, 4.69) is 5.32 Å². The van der Waals surface area contributed by atoms with Crippen LogP contribution in [0.5, 0.6) is 5.75 Å². The van der Waals surface area contributed by atoms with Crippen molar-refractivity contribution in [2.24, 2.45) is 0 Å². The molecule has 1 aliphatic heterocycles. The number of nitrogens with zero attached hydrogens (tertiary/aromatic N) is 1. The van der Waals surface area contributed by atoms with Gasteiger partial charge in [0.15, 0.2) is 12.2 Å². The van der Waals surface area contributed by atoms with Crippen molar-refractivity contribution >= 4 is 18.0 Å². The molecule has 1 fully saturated rings. The van der Waals surface area contributed by atoms with Gasteiger partial charge in [-0.3, -0.25) is 10.1 Å². The number of rotatable bonds is 7. The Bertz CT molecular complexity index is 1110. The fraction of sp³-hybridized carbons (Fsp3) is 0.440. The van der Waals surface area contributed by atoms with Crippen LogP contribution in [0.15, 0.2) is 48.5 Å².